The van der Waals surface area contributed by atoms with Crippen molar-refractivity contribution in [3.05, 3.63) is 19.5 Å². The summed E-state index contributed by atoms with van der Waals surface area (Å²) in [6.45, 7) is 0. The molecule has 2 heterocycles. The largest absolute Gasteiger partial charge is 0.466 e. The first kappa shape index (κ1) is 11.3. The van der Waals surface area contributed by atoms with Crippen molar-refractivity contribution in [1.82, 2.24) is 4.98 Å². The third-order valence-corrected chi connectivity index (χ3v) is 2.98. The van der Waals surface area contributed by atoms with E-state index >= 15 is 0 Å². The van der Waals surface area contributed by atoms with Gasteiger partial charge in [0.2, 0.25) is 0 Å². The molecule has 0 fully saturated rings. The van der Waals surface area contributed by atoms with Crippen LogP contribution in [0.2, 0.25) is 0 Å². The number of nitrogens with one attached hydrogen (secondary N) is 1. The summed E-state index contributed by atoms with van der Waals surface area (Å²) in [4.78, 5) is 32.8. The fourth-order valence-corrected chi connectivity index (χ4v) is 2.08. The normalized spacial score (nSPS) is 18.4. The number of H-pyrrole nitrogens is 1. The number of hydrogen-bond acceptors (Lipinski definition) is 7. The van der Waals surface area contributed by atoms with E-state index in [-0.39, 0.29) is 10.4 Å². The highest BCUT2D eigenvalue weighted by atomic mass is 32.1. The van der Waals surface area contributed by atoms with Crippen molar-refractivity contribution in [3.63, 3.8) is 0 Å². The average molecular weight is 252 g/mol. The Balaban J connectivity index is 2.64. The van der Waals surface area contributed by atoms with E-state index in [0.717, 1.165) is 17.4 Å². The molecule has 0 bridgehead atoms. The lowest BCUT2D eigenvalue weighted by Crippen LogP contribution is -2.22. The van der Waals surface area contributed by atoms with Gasteiger partial charge in [-0.25, -0.2) is 14.8 Å². The molecule has 2 rings (SSSR count). The van der Waals surface area contributed by atoms with Crippen molar-refractivity contribution < 1.29 is 9.53 Å². The number of carbonyl (C=O) groups excluding carboxylic acids is 1. The predicted molar refractivity (Wildman–Crippen MR) is 64.2 cm³/mol. The Morgan fingerprint density at radius 2 is 2.41 bits per heavy atom. The lowest BCUT2D eigenvalue weighted by molar-refractivity contribution is -0.133. The summed E-state index contributed by atoms with van der Waals surface area (Å²) in [5.41, 5.74) is 5.58. The zero-order valence-corrected chi connectivity index (χ0v) is 9.58. The summed E-state index contributed by atoms with van der Waals surface area (Å²) in [7, 11) is 1.24. The first-order valence-corrected chi connectivity index (χ1v) is 5.33. The number of ether oxygens (including phenoxy) is 1. The fraction of sp³-hybridized carbons (Fsp3) is 0.111. The van der Waals surface area contributed by atoms with E-state index in [9.17, 15) is 9.59 Å². The molecular weight excluding hydrogens is 244 g/mol. The summed E-state index contributed by atoms with van der Waals surface area (Å²) in [6.07, 6.45) is 2.41. The molecule has 0 spiro atoms. The number of nitrogens with zero attached hydrogens (tertiary/aromatic N) is 2. The van der Waals surface area contributed by atoms with E-state index in [1.54, 1.807) is 0 Å². The number of aromatic amines is 1. The molecule has 0 amide bonds. The van der Waals surface area contributed by atoms with E-state index in [0.29, 0.717) is 10.4 Å². The molecule has 1 aromatic heterocycles. The van der Waals surface area contributed by atoms with Crippen LogP contribution in [-0.2, 0) is 9.53 Å². The van der Waals surface area contributed by atoms with Crippen LogP contribution in [0.3, 0.4) is 0 Å². The third kappa shape index (κ3) is 2.16. The predicted octanol–water partition coefficient (Wildman–Crippen LogP) is -2.10. The Labute approximate surface area is 98.7 Å². The lowest BCUT2D eigenvalue weighted by atomic mass is 10.5. The highest BCUT2D eigenvalue weighted by molar-refractivity contribution is 7.07. The van der Waals surface area contributed by atoms with Gasteiger partial charge in [-0.05, 0) is 0 Å². The van der Waals surface area contributed by atoms with Crippen LogP contribution in [0.1, 0.15) is 0 Å². The maximum atomic E-state index is 11.5. The average Bonchev–Trinajstić information content (AvgIpc) is 2.86. The van der Waals surface area contributed by atoms with Crippen LogP contribution in [0.4, 0.5) is 0 Å². The van der Waals surface area contributed by atoms with E-state index in [2.05, 4.69) is 19.7 Å². The molecule has 0 saturated carbocycles. The van der Waals surface area contributed by atoms with E-state index < -0.39 is 11.5 Å². The molecule has 0 aliphatic carbocycles. The second kappa shape index (κ2) is 4.34. The van der Waals surface area contributed by atoms with Gasteiger partial charge in [-0.2, -0.15) is 0 Å². The summed E-state index contributed by atoms with van der Waals surface area (Å²) in [5.74, 6) is -0.363. The van der Waals surface area contributed by atoms with Crippen molar-refractivity contribution in [2.24, 2.45) is 15.7 Å². The van der Waals surface area contributed by atoms with Gasteiger partial charge < -0.3 is 15.5 Å². The van der Waals surface area contributed by atoms with Crippen molar-refractivity contribution in [2.75, 3.05) is 7.11 Å². The first-order valence-electron chi connectivity index (χ1n) is 4.51. The van der Waals surface area contributed by atoms with Gasteiger partial charge >= 0.3 is 5.97 Å². The third-order valence-electron chi connectivity index (χ3n) is 1.95. The van der Waals surface area contributed by atoms with Gasteiger partial charge in [-0.3, -0.25) is 4.79 Å². The number of esters is 1. The first-order chi connectivity index (χ1) is 8.11. The topological polar surface area (TPSA) is 110 Å². The highest BCUT2D eigenvalue weighted by Gasteiger charge is 2.09. The van der Waals surface area contributed by atoms with Crippen LogP contribution < -0.4 is 20.5 Å². The Morgan fingerprint density at radius 1 is 1.65 bits per heavy atom. The Kier molecular flexibility index (Phi) is 2.88. The highest BCUT2D eigenvalue weighted by Crippen LogP contribution is 2.00. The lowest BCUT2D eigenvalue weighted by Gasteiger charge is -1.88. The number of methoxy groups -OCH3 is 1. The smallest absolute Gasteiger partial charge is 0.332 e. The molecule has 17 heavy (non-hydrogen) atoms. The minimum absolute atomic E-state index is 0.229. The maximum Gasteiger partial charge on any atom is 0.332 e. The van der Waals surface area contributed by atoms with Crippen molar-refractivity contribution >= 4 is 41.3 Å². The van der Waals surface area contributed by atoms with Crippen molar-refractivity contribution in [3.8, 4) is 0 Å². The molecule has 0 aromatic carbocycles. The van der Waals surface area contributed by atoms with Gasteiger partial charge in [0.25, 0.3) is 5.56 Å². The monoisotopic (exact) mass is 252 g/mol. The molecule has 88 valence electrons. The molecule has 3 N–H and O–H groups in total. The van der Waals surface area contributed by atoms with Crippen LogP contribution in [0.15, 0.2) is 14.8 Å². The van der Waals surface area contributed by atoms with Crippen molar-refractivity contribution in [1.29, 1.82) is 0 Å². The zero-order chi connectivity index (χ0) is 12.4. The van der Waals surface area contributed by atoms with Gasteiger partial charge in [-0.15, -0.1) is 11.3 Å². The quantitative estimate of drug-likeness (QED) is 0.558. The molecule has 1 aliphatic rings. The van der Waals surface area contributed by atoms with Gasteiger partial charge in [0.05, 0.1) is 7.11 Å². The Hall–Kier alpha value is -2.22. The van der Waals surface area contributed by atoms with Gasteiger partial charge in [0.1, 0.15) is 21.2 Å². The van der Waals surface area contributed by atoms with Crippen molar-refractivity contribution in [2.45, 2.75) is 0 Å². The molecule has 8 heteroatoms. The summed E-state index contributed by atoms with van der Waals surface area (Å²) in [5, 5.41) is 0. The zero-order valence-electron chi connectivity index (χ0n) is 8.76. The van der Waals surface area contributed by atoms with Crippen LogP contribution in [-0.4, -0.2) is 30.2 Å². The van der Waals surface area contributed by atoms with Crippen LogP contribution >= 0.6 is 11.3 Å². The molecule has 0 unspecified atom stereocenters. The number of carbonyl (C=O) groups is 1. The molecule has 0 radical (unpaired) electrons. The van der Waals surface area contributed by atoms with Gasteiger partial charge in [0.15, 0.2) is 5.84 Å². The second-order valence-corrected chi connectivity index (χ2v) is 4.08. The SMILES string of the molecule is COC(=O)/C=c1/s/c(=C2\N=CN=C2N)[nH]c1=O. The number of amidine groups is 1. The van der Waals surface area contributed by atoms with Crippen LogP contribution in [0.5, 0.6) is 0 Å². The van der Waals surface area contributed by atoms with Gasteiger partial charge in [-0.1, -0.05) is 0 Å². The van der Waals surface area contributed by atoms with Gasteiger partial charge in [0, 0.05) is 6.08 Å². The van der Waals surface area contributed by atoms with Crippen LogP contribution in [0, 0.1) is 0 Å². The summed E-state index contributed by atoms with van der Waals surface area (Å²) >= 11 is 1.07. The van der Waals surface area contributed by atoms with E-state index in [1.807, 2.05) is 0 Å². The minimum Gasteiger partial charge on any atom is -0.466 e. The molecule has 7 nitrogen and oxygen atoms in total. The minimum atomic E-state index is -0.592. The number of aliphatic imine (C=N–C) groups is 2. The maximum absolute atomic E-state index is 11.5. The second-order valence-electron chi connectivity index (χ2n) is 3.02. The molecule has 0 atom stereocenters. The number of rotatable bonds is 1. The fourth-order valence-electron chi connectivity index (χ4n) is 1.17. The Morgan fingerprint density at radius 3 is 3.00 bits per heavy atom. The number of thiazole rings is 1. The van der Waals surface area contributed by atoms with Crippen LogP contribution in [0.25, 0.3) is 11.8 Å². The number of hydrogen-bond donors (Lipinski definition) is 2. The Bertz CT molecular complexity index is 695. The molecular formula is C9H8N4O3S. The molecule has 1 aromatic rings. The molecule has 1 aliphatic heterocycles. The molecule has 0 saturated heterocycles. The number of aromatic nitrogens is 1. The standard InChI is InChI=1S/C9H8N4O3S/c1-16-5(14)2-4-8(15)13-9(17-4)6-7(10)12-3-11-6/h2-3H,1H3,(H,13,15)(H2,10,11,12)/b4-2+,9-6-. The number of nitrogens with two attached hydrogens (primary N) is 1. The van der Waals surface area contributed by atoms with E-state index in [1.165, 1.54) is 13.4 Å². The van der Waals surface area contributed by atoms with E-state index in [4.69, 9.17) is 5.73 Å². The summed E-state index contributed by atoms with van der Waals surface area (Å²) < 4.78 is 5.13. The summed E-state index contributed by atoms with van der Waals surface area (Å²) in [6, 6.07) is 0.